The Morgan fingerprint density at radius 2 is 2.27 bits per heavy atom. The van der Waals surface area contributed by atoms with Gasteiger partial charge in [-0.3, -0.25) is 4.84 Å². The number of aryl methyl sites for hydroxylation is 1. The summed E-state index contributed by atoms with van der Waals surface area (Å²) in [5, 5.41) is 9.98. The highest BCUT2D eigenvalue weighted by molar-refractivity contribution is 5.64. The summed E-state index contributed by atoms with van der Waals surface area (Å²) in [6.45, 7) is 0. The normalized spacial score (nSPS) is 18.6. The van der Waals surface area contributed by atoms with E-state index in [0.717, 1.165) is 23.5 Å². The molecule has 0 bridgehead atoms. The van der Waals surface area contributed by atoms with Crippen molar-refractivity contribution >= 4 is 6.09 Å². The van der Waals surface area contributed by atoms with E-state index < -0.39 is 6.09 Å². The van der Waals surface area contributed by atoms with Gasteiger partial charge in [0.15, 0.2) is 0 Å². The average Bonchev–Trinajstić information content (AvgIpc) is 2.63. The molecule has 1 aliphatic rings. The summed E-state index contributed by atoms with van der Waals surface area (Å²) < 4.78 is 0. The van der Waals surface area contributed by atoms with Gasteiger partial charge in [0.1, 0.15) is 0 Å². The smallest absolute Gasteiger partial charge is 0.432 e. The van der Waals surface area contributed by atoms with Gasteiger partial charge in [-0.05, 0) is 24.0 Å². The molecule has 2 rings (SSSR count). The first-order valence-electron chi connectivity index (χ1n) is 4.88. The third-order valence-corrected chi connectivity index (χ3v) is 2.77. The second-order valence-electron chi connectivity index (χ2n) is 3.54. The number of hydrogen-bond donors (Lipinski definition) is 1. The predicted octanol–water partition coefficient (Wildman–Crippen LogP) is 2.22. The van der Waals surface area contributed by atoms with Crippen LogP contribution >= 0.6 is 0 Å². The summed E-state index contributed by atoms with van der Waals surface area (Å²) in [5.41, 5.74) is 2.27. The van der Waals surface area contributed by atoms with Crippen LogP contribution in [0.4, 0.5) is 4.79 Å². The van der Waals surface area contributed by atoms with Crippen LogP contribution in [-0.4, -0.2) is 23.4 Å². The third-order valence-electron chi connectivity index (χ3n) is 2.77. The lowest BCUT2D eigenvalue weighted by molar-refractivity contribution is -0.132. The molecule has 1 atom stereocenters. The van der Waals surface area contributed by atoms with Crippen LogP contribution < -0.4 is 0 Å². The molecule has 1 aliphatic carbocycles. The quantitative estimate of drug-likeness (QED) is 0.756. The van der Waals surface area contributed by atoms with E-state index in [0.29, 0.717) is 0 Å². The highest BCUT2D eigenvalue weighted by atomic mass is 16.7. The van der Waals surface area contributed by atoms with Crippen LogP contribution in [-0.2, 0) is 11.3 Å². The van der Waals surface area contributed by atoms with Crippen molar-refractivity contribution in [2.75, 3.05) is 7.11 Å². The second-order valence-corrected chi connectivity index (χ2v) is 3.54. The molecule has 0 fully saturated rings. The number of benzene rings is 1. The van der Waals surface area contributed by atoms with Gasteiger partial charge in [0, 0.05) is 0 Å². The molecule has 4 nitrogen and oxygen atoms in total. The summed E-state index contributed by atoms with van der Waals surface area (Å²) in [4.78, 5) is 15.8. The van der Waals surface area contributed by atoms with Crippen molar-refractivity contribution in [3.05, 3.63) is 35.4 Å². The molecular weight excluding hydrogens is 194 g/mol. The maximum absolute atomic E-state index is 10.9. The Balaban J connectivity index is 2.30. The first kappa shape index (κ1) is 9.98. The zero-order valence-electron chi connectivity index (χ0n) is 8.51. The number of fused-ring (bicyclic) bond motifs is 1. The highest BCUT2D eigenvalue weighted by Crippen LogP contribution is 2.35. The van der Waals surface area contributed by atoms with Gasteiger partial charge >= 0.3 is 6.09 Å². The van der Waals surface area contributed by atoms with E-state index in [1.807, 2.05) is 24.3 Å². The fraction of sp³-hybridized carbons (Fsp3) is 0.364. The summed E-state index contributed by atoms with van der Waals surface area (Å²) in [7, 11) is 1.38. The minimum Gasteiger partial charge on any atom is -0.463 e. The summed E-state index contributed by atoms with van der Waals surface area (Å²) in [6.07, 6.45) is 0.659. The Morgan fingerprint density at radius 1 is 1.53 bits per heavy atom. The Morgan fingerprint density at radius 3 is 2.93 bits per heavy atom. The van der Waals surface area contributed by atoms with Gasteiger partial charge in [0.2, 0.25) is 0 Å². The van der Waals surface area contributed by atoms with E-state index in [-0.39, 0.29) is 6.04 Å². The van der Waals surface area contributed by atoms with E-state index in [2.05, 4.69) is 0 Å². The van der Waals surface area contributed by atoms with Gasteiger partial charge in [-0.25, -0.2) is 4.79 Å². The van der Waals surface area contributed by atoms with E-state index in [4.69, 9.17) is 9.94 Å². The molecule has 1 amide bonds. The first-order chi connectivity index (χ1) is 7.24. The third kappa shape index (κ3) is 1.68. The number of rotatable bonds is 2. The van der Waals surface area contributed by atoms with Gasteiger partial charge in [0.25, 0.3) is 0 Å². The van der Waals surface area contributed by atoms with E-state index in [1.54, 1.807) is 0 Å². The molecule has 0 aliphatic heterocycles. The topological polar surface area (TPSA) is 49.8 Å². The molecule has 1 aromatic carbocycles. The SMILES string of the molecule is CON(C(=O)O)C1CCc2ccccc21. The molecule has 0 radical (unpaired) electrons. The van der Waals surface area contributed by atoms with Gasteiger partial charge < -0.3 is 5.11 Å². The van der Waals surface area contributed by atoms with Crippen LogP contribution in [0.2, 0.25) is 0 Å². The van der Waals surface area contributed by atoms with Crippen molar-refractivity contribution in [2.24, 2.45) is 0 Å². The van der Waals surface area contributed by atoms with Crippen LogP contribution in [0.25, 0.3) is 0 Å². The fourth-order valence-corrected chi connectivity index (χ4v) is 2.12. The average molecular weight is 207 g/mol. The number of nitrogens with zero attached hydrogens (tertiary/aromatic N) is 1. The molecule has 15 heavy (non-hydrogen) atoms. The Labute approximate surface area is 88.0 Å². The van der Waals surface area contributed by atoms with E-state index >= 15 is 0 Å². The van der Waals surface area contributed by atoms with Crippen molar-refractivity contribution in [2.45, 2.75) is 18.9 Å². The fourth-order valence-electron chi connectivity index (χ4n) is 2.12. The lowest BCUT2D eigenvalue weighted by atomic mass is 10.1. The standard InChI is InChI=1S/C11H13NO3/c1-15-12(11(13)14)10-7-6-8-4-2-3-5-9(8)10/h2-5,10H,6-7H2,1H3,(H,13,14). The van der Waals surface area contributed by atoms with Crippen LogP contribution in [0.3, 0.4) is 0 Å². The number of carboxylic acid groups (broad SMARTS) is 1. The molecule has 80 valence electrons. The molecule has 4 heteroatoms. The van der Waals surface area contributed by atoms with Gasteiger partial charge in [0.05, 0.1) is 13.2 Å². The molecule has 0 heterocycles. The zero-order valence-corrected chi connectivity index (χ0v) is 8.51. The molecule has 0 saturated carbocycles. The first-order valence-corrected chi connectivity index (χ1v) is 4.88. The van der Waals surface area contributed by atoms with Crippen LogP contribution in [0, 0.1) is 0 Å². The van der Waals surface area contributed by atoms with Crippen molar-refractivity contribution in [1.82, 2.24) is 5.06 Å². The Bertz CT molecular complexity index is 378. The van der Waals surface area contributed by atoms with Crippen molar-refractivity contribution < 1.29 is 14.7 Å². The van der Waals surface area contributed by atoms with Crippen LogP contribution in [0.5, 0.6) is 0 Å². The maximum Gasteiger partial charge on any atom is 0.432 e. The molecule has 1 N–H and O–H groups in total. The molecule has 0 saturated heterocycles. The summed E-state index contributed by atoms with van der Waals surface area (Å²) in [5.74, 6) is 0. The lowest BCUT2D eigenvalue weighted by Crippen LogP contribution is -2.31. The van der Waals surface area contributed by atoms with Crippen molar-refractivity contribution in [1.29, 1.82) is 0 Å². The summed E-state index contributed by atoms with van der Waals surface area (Å²) in [6, 6.07) is 7.72. The highest BCUT2D eigenvalue weighted by Gasteiger charge is 2.31. The van der Waals surface area contributed by atoms with Crippen molar-refractivity contribution in [3.63, 3.8) is 0 Å². The van der Waals surface area contributed by atoms with Gasteiger partial charge in [-0.2, -0.15) is 5.06 Å². The van der Waals surface area contributed by atoms with E-state index in [9.17, 15) is 4.79 Å². The zero-order chi connectivity index (χ0) is 10.8. The number of hydroxylamine groups is 2. The molecule has 1 aromatic rings. The number of hydrogen-bond acceptors (Lipinski definition) is 2. The van der Waals surface area contributed by atoms with Gasteiger partial charge in [-0.1, -0.05) is 24.3 Å². The second kappa shape index (κ2) is 3.90. The van der Waals surface area contributed by atoms with Crippen LogP contribution in [0.1, 0.15) is 23.6 Å². The molecule has 0 spiro atoms. The monoisotopic (exact) mass is 207 g/mol. The minimum atomic E-state index is -1.04. The number of amides is 1. The maximum atomic E-state index is 10.9. The largest absolute Gasteiger partial charge is 0.463 e. The number of carbonyl (C=O) groups is 1. The Kier molecular flexibility index (Phi) is 2.60. The lowest BCUT2D eigenvalue weighted by Gasteiger charge is -2.23. The molecule has 0 aromatic heterocycles. The van der Waals surface area contributed by atoms with Crippen molar-refractivity contribution in [3.8, 4) is 0 Å². The van der Waals surface area contributed by atoms with E-state index in [1.165, 1.54) is 12.7 Å². The predicted molar refractivity (Wildman–Crippen MR) is 54.4 cm³/mol. The summed E-state index contributed by atoms with van der Waals surface area (Å²) >= 11 is 0. The Hall–Kier alpha value is -1.55. The van der Waals surface area contributed by atoms with Gasteiger partial charge in [-0.15, -0.1) is 0 Å². The molecular formula is C11H13NO3. The minimum absolute atomic E-state index is 0.163. The molecule has 1 unspecified atom stereocenters. The van der Waals surface area contributed by atoms with Crippen LogP contribution in [0.15, 0.2) is 24.3 Å².